The van der Waals surface area contributed by atoms with Gasteiger partial charge >= 0.3 is 8.80 Å². The fourth-order valence-corrected chi connectivity index (χ4v) is 5.13. The highest BCUT2D eigenvalue weighted by Crippen LogP contribution is 2.17. The maximum absolute atomic E-state index is 9.08. The molecule has 0 aliphatic rings. The molecule has 0 fully saturated rings. The lowest BCUT2D eigenvalue weighted by molar-refractivity contribution is -0.696. The van der Waals surface area contributed by atoms with Gasteiger partial charge in [-0.25, -0.2) is 17.6 Å². The van der Waals surface area contributed by atoms with Gasteiger partial charge in [0.25, 0.3) is 0 Å². The summed E-state index contributed by atoms with van der Waals surface area (Å²) in [5.41, 5.74) is 0. The Kier molecular flexibility index (Phi) is 17.4. The first-order valence-electron chi connectivity index (χ1n) is 8.88. The van der Waals surface area contributed by atoms with Crippen LogP contribution in [0.4, 0.5) is 0 Å². The van der Waals surface area contributed by atoms with Crippen molar-refractivity contribution in [2.24, 2.45) is 0 Å². The molecule has 168 valence electrons. The zero-order valence-electron chi connectivity index (χ0n) is 17.0. The van der Waals surface area contributed by atoms with E-state index in [-0.39, 0.29) is 7.43 Å². The summed E-state index contributed by atoms with van der Waals surface area (Å²) in [4.78, 5) is 0. The van der Waals surface area contributed by atoms with E-state index in [1.165, 1.54) is 12.8 Å². The number of imidazole rings is 1. The Bertz CT molecular complexity index is 578. The maximum atomic E-state index is 9.08. The van der Waals surface area contributed by atoms with Gasteiger partial charge in [0, 0.05) is 39.4 Å². The summed E-state index contributed by atoms with van der Waals surface area (Å²) in [6.07, 6.45) is 10.7. The molecule has 0 radical (unpaired) electrons. The highest BCUT2D eigenvalue weighted by atomic mass is 32.2. The van der Waals surface area contributed by atoms with Crippen LogP contribution >= 0.6 is 11.8 Å². The molecule has 28 heavy (non-hydrogen) atoms. The van der Waals surface area contributed by atoms with Gasteiger partial charge < -0.3 is 17.8 Å². The quantitative estimate of drug-likeness (QED) is 0.194. The Labute approximate surface area is 176 Å². The van der Waals surface area contributed by atoms with E-state index in [2.05, 4.69) is 34.8 Å². The molecule has 0 unspecified atom stereocenters. The molecule has 0 aromatic carbocycles. The predicted molar refractivity (Wildman–Crippen MR) is 115 cm³/mol. The summed E-state index contributed by atoms with van der Waals surface area (Å²) < 4.78 is 48.0. The summed E-state index contributed by atoms with van der Waals surface area (Å²) in [6, 6.07) is 0.879. The molecule has 0 N–H and O–H groups in total. The third kappa shape index (κ3) is 15.5. The number of rotatable bonds is 13. The average molecular weight is 459 g/mol. The van der Waals surface area contributed by atoms with E-state index in [1.54, 1.807) is 21.3 Å². The number of hydrogen-bond donors (Lipinski definition) is 0. The fourth-order valence-electron chi connectivity index (χ4n) is 2.26. The Hall–Kier alpha value is -0.433. The van der Waals surface area contributed by atoms with Crippen molar-refractivity contribution in [2.75, 3.05) is 39.1 Å². The van der Waals surface area contributed by atoms with E-state index in [0.717, 1.165) is 37.1 Å². The van der Waals surface area contributed by atoms with Gasteiger partial charge in [0.1, 0.15) is 12.4 Å². The first-order valence-corrected chi connectivity index (χ1v) is 13.8. The highest BCUT2D eigenvalue weighted by molar-refractivity contribution is 7.99. The lowest BCUT2D eigenvalue weighted by Gasteiger charge is -2.24. The minimum Gasteiger partial charge on any atom is -0.748 e. The molecule has 0 amide bonds. The molecule has 1 heterocycles. The van der Waals surface area contributed by atoms with Crippen molar-refractivity contribution in [3.8, 4) is 0 Å². The maximum Gasteiger partial charge on any atom is 0.500 e. The minimum atomic E-state index is -3.92. The molecule has 0 spiro atoms. The normalized spacial score (nSPS) is 11.5. The van der Waals surface area contributed by atoms with Crippen molar-refractivity contribution >= 4 is 30.7 Å². The van der Waals surface area contributed by atoms with Crippen molar-refractivity contribution in [2.45, 2.75) is 52.7 Å². The number of nitrogens with zero attached hydrogens (tertiary/aromatic N) is 2. The smallest absolute Gasteiger partial charge is 0.500 e. The van der Waals surface area contributed by atoms with Crippen LogP contribution in [0.15, 0.2) is 18.7 Å². The van der Waals surface area contributed by atoms with E-state index in [0.29, 0.717) is 6.26 Å². The Balaban J connectivity index is 0. The zero-order chi connectivity index (χ0) is 20.8. The van der Waals surface area contributed by atoms with Gasteiger partial charge in [-0.15, -0.1) is 0 Å². The first kappa shape index (κ1) is 29.8. The van der Waals surface area contributed by atoms with Gasteiger partial charge in [0.05, 0.1) is 23.2 Å². The predicted octanol–water partition coefficient (Wildman–Crippen LogP) is 2.37. The van der Waals surface area contributed by atoms with Gasteiger partial charge in [0.15, 0.2) is 0 Å². The number of aryl methyl sites for hydroxylation is 2. The number of hydrogen-bond acceptors (Lipinski definition) is 7. The van der Waals surface area contributed by atoms with Gasteiger partial charge in [-0.3, -0.25) is 0 Å². The molecule has 1 aromatic rings. The van der Waals surface area contributed by atoms with Crippen LogP contribution in [0.3, 0.4) is 0 Å². The van der Waals surface area contributed by atoms with Crippen LogP contribution in [-0.2, 0) is 36.5 Å². The molecule has 0 bridgehead atoms. The standard InChI is InChI=1S/C15H31N2O3SSi.CH4O3S.CH4/c1-5-6-8-16-9-10-17(15-16)11-13-21-12-7-14-22(18-2,19-3)20-4;1-5(2,3)4;/h9-10,15H,5-8,11-14H2,1-4H3;1H3,(H,2,3,4);1H4/q+1;;/p-1. The highest BCUT2D eigenvalue weighted by Gasteiger charge is 2.36. The molecule has 0 aliphatic heterocycles. The summed E-state index contributed by atoms with van der Waals surface area (Å²) >= 11 is 1.97. The molecule has 0 aliphatic carbocycles. The molecule has 0 saturated carbocycles. The van der Waals surface area contributed by atoms with Crippen molar-refractivity contribution in [1.29, 1.82) is 0 Å². The van der Waals surface area contributed by atoms with Crippen molar-refractivity contribution in [3.63, 3.8) is 0 Å². The Morgan fingerprint density at radius 1 is 1.14 bits per heavy atom. The monoisotopic (exact) mass is 458 g/mol. The van der Waals surface area contributed by atoms with Crippen molar-refractivity contribution in [3.05, 3.63) is 18.7 Å². The molecule has 11 heteroatoms. The lowest BCUT2D eigenvalue weighted by atomic mass is 10.3. The number of thioether (sulfide) groups is 1. The Morgan fingerprint density at radius 3 is 2.21 bits per heavy atom. The van der Waals surface area contributed by atoms with Crippen LogP contribution < -0.4 is 4.57 Å². The van der Waals surface area contributed by atoms with Crippen LogP contribution in [0.5, 0.6) is 0 Å². The van der Waals surface area contributed by atoms with E-state index in [4.69, 9.17) is 26.2 Å². The summed E-state index contributed by atoms with van der Waals surface area (Å²) in [5, 5.41) is 0. The van der Waals surface area contributed by atoms with Crippen molar-refractivity contribution < 1.29 is 30.8 Å². The van der Waals surface area contributed by atoms with E-state index in [1.807, 2.05) is 11.8 Å². The second kappa shape index (κ2) is 16.4. The fraction of sp³-hybridized carbons (Fsp3) is 0.824. The van der Waals surface area contributed by atoms with Crippen LogP contribution in [0.25, 0.3) is 0 Å². The van der Waals surface area contributed by atoms with Gasteiger partial charge in [-0.1, -0.05) is 20.8 Å². The molecule has 8 nitrogen and oxygen atoms in total. The summed E-state index contributed by atoms with van der Waals surface area (Å²) in [5.74, 6) is 2.24. The van der Waals surface area contributed by atoms with Gasteiger partial charge in [-0.05, 0) is 18.6 Å². The number of aromatic nitrogens is 2. The second-order valence-electron chi connectivity index (χ2n) is 5.96. The second-order valence-corrected chi connectivity index (χ2v) is 11.7. The average Bonchev–Trinajstić information content (AvgIpc) is 3.06. The van der Waals surface area contributed by atoms with Gasteiger partial charge in [-0.2, -0.15) is 11.8 Å². The topological polar surface area (TPSA) is 93.7 Å². The summed E-state index contributed by atoms with van der Waals surface area (Å²) in [7, 11) is -1.27. The van der Waals surface area contributed by atoms with E-state index >= 15 is 0 Å². The summed E-state index contributed by atoms with van der Waals surface area (Å²) in [6.45, 7) is 4.40. The third-order valence-electron chi connectivity index (χ3n) is 3.71. The SMILES string of the molecule is C.CCCC[n+]1ccn(CCSCCC[Si](OC)(OC)OC)c1.CS(=O)(=O)[O-]. The number of unbranched alkanes of at least 4 members (excludes halogenated alkanes) is 1. The van der Waals surface area contributed by atoms with E-state index < -0.39 is 18.9 Å². The van der Waals surface area contributed by atoms with Crippen molar-refractivity contribution in [1.82, 2.24) is 4.57 Å². The van der Waals surface area contributed by atoms with Gasteiger partial charge in [0.2, 0.25) is 6.33 Å². The minimum absolute atomic E-state index is 0. The third-order valence-corrected chi connectivity index (χ3v) is 7.60. The van der Waals surface area contributed by atoms with Crippen LogP contribution in [0, 0.1) is 0 Å². The molecular formula is C17H38N2O6S2Si. The largest absolute Gasteiger partial charge is 0.748 e. The van der Waals surface area contributed by atoms with Crippen LogP contribution in [-0.4, -0.2) is 65.4 Å². The molecule has 0 atom stereocenters. The van der Waals surface area contributed by atoms with Crippen LogP contribution in [0.2, 0.25) is 6.04 Å². The van der Waals surface area contributed by atoms with Crippen LogP contribution in [0.1, 0.15) is 33.6 Å². The molecule has 1 aromatic heterocycles. The zero-order valence-corrected chi connectivity index (χ0v) is 19.7. The molecule has 1 rings (SSSR count). The van der Waals surface area contributed by atoms with E-state index in [9.17, 15) is 0 Å². The Morgan fingerprint density at radius 2 is 1.71 bits per heavy atom. The molecular weight excluding hydrogens is 420 g/mol. The molecule has 0 saturated heterocycles. The first-order chi connectivity index (χ1) is 12.7. The lowest BCUT2D eigenvalue weighted by Crippen LogP contribution is -2.42.